The molecule has 2 rings (SSSR count). The molecule has 0 saturated carbocycles. The van der Waals surface area contributed by atoms with Crippen molar-refractivity contribution >= 4 is 21.6 Å². The molecule has 5 nitrogen and oxygen atoms in total. The van der Waals surface area contributed by atoms with Crippen molar-refractivity contribution in [3.05, 3.63) is 23.5 Å². The van der Waals surface area contributed by atoms with Gasteiger partial charge in [0.25, 0.3) is 0 Å². The van der Waals surface area contributed by atoms with E-state index in [0.29, 0.717) is 0 Å². The first-order valence-electron chi connectivity index (χ1n) is 6.87. The average Bonchev–Trinajstić information content (AvgIpc) is 2.41. The first kappa shape index (κ1) is 15.7. The Morgan fingerprint density at radius 1 is 1.40 bits per heavy atom. The summed E-state index contributed by atoms with van der Waals surface area (Å²) in [5.41, 5.74) is 0. The highest BCUT2D eigenvalue weighted by Crippen LogP contribution is 2.15. The molecule has 1 aliphatic heterocycles. The summed E-state index contributed by atoms with van der Waals surface area (Å²) < 4.78 is 27.2. The zero-order valence-electron chi connectivity index (χ0n) is 11.5. The fourth-order valence-corrected chi connectivity index (χ4v) is 3.76. The molecule has 0 bridgehead atoms. The maximum absolute atomic E-state index is 12.2. The highest BCUT2D eigenvalue weighted by atomic mass is 35.5. The molecule has 0 radical (unpaired) electrons. The molecule has 1 aromatic rings. The Hall–Kier alpha value is -0.690. The maximum Gasteiger partial charge on any atom is 0.242 e. The number of nitrogens with one attached hydrogen (secondary N) is 1. The molecular formula is C13H20ClN3O2S. The number of nitrogens with zero attached hydrogens (tertiary/aromatic N) is 2. The van der Waals surface area contributed by atoms with E-state index in [2.05, 4.69) is 21.5 Å². The number of pyridine rings is 1. The van der Waals surface area contributed by atoms with E-state index in [1.54, 1.807) is 0 Å². The van der Waals surface area contributed by atoms with E-state index in [4.69, 9.17) is 11.6 Å². The number of rotatable bonds is 5. The van der Waals surface area contributed by atoms with Gasteiger partial charge in [0.15, 0.2) is 0 Å². The van der Waals surface area contributed by atoms with Crippen LogP contribution in [0.4, 0.5) is 0 Å². The fraction of sp³-hybridized carbons (Fsp3) is 0.615. The van der Waals surface area contributed by atoms with Crippen LogP contribution in [0.3, 0.4) is 0 Å². The summed E-state index contributed by atoms with van der Waals surface area (Å²) in [7, 11) is -3.50. The van der Waals surface area contributed by atoms with E-state index in [0.717, 1.165) is 38.9 Å². The van der Waals surface area contributed by atoms with Crippen LogP contribution in [0.5, 0.6) is 0 Å². The lowest BCUT2D eigenvalue weighted by molar-refractivity contribution is 0.208. The standard InChI is InChI=1S/C13H20ClN3O2S/c1-2-7-17-8-5-11(6-9-17)16-20(18,19)12-3-4-13(14)15-10-12/h3-4,10-11,16H,2,5-9H2,1H3. The molecular weight excluding hydrogens is 298 g/mol. The summed E-state index contributed by atoms with van der Waals surface area (Å²) >= 11 is 5.67. The monoisotopic (exact) mass is 317 g/mol. The number of piperidine rings is 1. The van der Waals surface area contributed by atoms with Crippen molar-refractivity contribution in [2.75, 3.05) is 19.6 Å². The van der Waals surface area contributed by atoms with Gasteiger partial charge in [-0.3, -0.25) is 0 Å². The molecule has 1 saturated heterocycles. The Kier molecular flexibility index (Phi) is 5.37. The van der Waals surface area contributed by atoms with Crippen molar-refractivity contribution in [3.8, 4) is 0 Å². The van der Waals surface area contributed by atoms with Crippen LogP contribution >= 0.6 is 11.6 Å². The van der Waals surface area contributed by atoms with Gasteiger partial charge in [0.1, 0.15) is 10.0 Å². The third-order valence-electron chi connectivity index (χ3n) is 3.46. The van der Waals surface area contributed by atoms with E-state index in [1.165, 1.54) is 18.3 Å². The lowest BCUT2D eigenvalue weighted by Gasteiger charge is -2.31. The predicted molar refractivity (Wildman–Crippen MR) is 79.3 cm³/mol. The predicted octanol–water partition coefficient (Wildman–Crippen LogP) is 1.89. The van der Waals surface area contributed by atoms with Gasteiger partial charge in [-0.05, 0) is 51.0 Å². The van der Waals surface area contributed by atoms with Gasteiger partial charge in [0.05, 0.1) is 0 Å². The molecule has 1 N–H and O–H groups in total. The van der Waals surface area contributed by atoms with Crippen molar-refractivity contribution in [2.24, 2.45) is 0 Å². The second-order valence-corrected chi connectivity index (χ2v) is 7.16. The smallest absolute Gasteiger partial charge is 0.242 e. The first-order valence-corrected chi connectivity index (χ1v) is 8.73. The van der Waals surface area contributed by atoms with Crippen LogP contribution in [0.15, 0.2) is 23.2 Å². The molecule has 0 unspecified atom stereocenters. The third kappa shape index (κ3) is 4.15. The minimum atomic E-state index is -3.50. The van der Waals surface area contributed by atoms with E-state index >= 15 is 0 Å². The zero-order valence-corrected chi connectivity index (χ0v) is 13.1. The molecule has 1 aliphatic rings. The Balaban J connectivity index is 1.94. The third-order valence-corrected chi connectivity index (χ3v) is 5.19. The summed E-state index contributed by atoms with van der Waals surface area (Å²) in [6.45, 7) is 5.13. The van der Waals surface area contributed by atoms with E-state index in [-0.39, 0.29) is 16.1 Å². The second kappa shape index (κ2) is 6.85. The molecule has 7 heteroatoms. The minimum Gasteiger partial charge on any atom is -0.303 e. The summed E-state index contributed by atoms with van der Waals surface area (Å²) in [4.78, 5) is 6.35. The summed E-state index contributed by atoms with van der Waals surface area (Å²) in [6, 6.07) is 2.97. The Bertz CT molecular complexity index is 525. The second-order valence-electron chi connectivity index (χ2n) is 5.05. The minimum absolute atomic E-state index is 0.00350. The number of aromatic nitrogens is 1. The highest BCUT2D eigenvalue weighted by Gasteiger charge is 2.24. The van der Waals surface area contributed by atoms with Gasteiger partial charge >= 0.3 is 0 Å². The van der Waals surface area contributed by atoms with Gasteiger partial charge in [-0.15, -0.1) is 0 Å². The lowest BCUT2D eigenvalue weighted by Crippen LogP contribution is -2.44. The van der Waals surface area contributed by atoms with Crippen LogP contribution in [0.1, 0.15) is 26.2 Å². The van der Waals surface area contributed by atoms with Crippen molar-refractivity contribution in [1.82, 2.24) is 14.6 Å². The van der Waals surface area contributed by atoms with Crippen LogP contribution in [-0.4, -0.2) is 44.0 Å². The van der Waals surface area contributed by atoms with E-state index in [1.807, 2.05) is 0 Å². The summed E-state index contributed by atoms with van der Waals surface area (Å²) in [5, 5.41) is 0.289. The number of halogens is 1. The maximum atomic E-state index is 12.2. The number of hydrogen-bond acceptors (Lipinski definition) is 4. The van der Waals surface area contributed by atoms with Crippen LogP contribution < -0.4 is 4.72 Å². The molecule has 1 fully saturated rings. The molecule has 0 aliphatic carbocycles. The summed E-state index contributed by atoms with van der Waals surface area (Å²) in [5.74, 6) is 0. The molecule has 20 heavy (non-hydrogen) atoms. The molecule has 0 aromatic carbocycles. The van der Waals surface area contributed by atoms with Crippen LogP contribution in [-0.2, 0) is 10.0 Å². The topological polar surface area (TPSA) is 62.3 Å². The van der Waals surface area contributed by atoms with Crippen LogP contribution in [0.25, 0.3) is 0 Å². The zero-order chi connectivity index (χ0) is 14.6. The van der Waals surface area contributed by atoms with Crippen LogP contribution in [0.2, 0.25) is 5.15 Å². The molecule has 1 aromatic heterocycles. The van der Waals surface area contributed by atoms with Gasteiger partial charge in [-0.2, -0.15) is 0 Å². The number of likely N-dealkylation sites (tertiary alicyclic amines) is 1. The van der Waals surface area contributed by atoms with Crippen molar-refractivity contribution in [1.29, 1.82) is 0 Å². The lowest BCUT2D eigenvalue weighted by atomic mass is 10.1. The van der Waals surface area contributed by atoms with Gasteiger partial charge in [0.2, 0.25) is 10.0 Å². The number of sulfonamides is 1. The average molecular weight is 318 g/mol. The van der Waals surface area contributed by atoms with E-state index in [9.17, 15) is 8.42 Å². The van der Waals surface area contributed by atoms with Gasteiger partial charge in [0, 0.05) is 12.2 Å². The Morgan fingerprint density at radius 2 is 2.10 bits per heavy atom. The SMILES string of the molecule is CCCN1CCC(NS(=O)(=O)c2ccc(Cl)nc2)CC1. The normalized spacial score (nSPS) is 18.3. The molecule has 0 spiro atoms. The Labute approximate surface area is 125 Å². The fourth-order valence-electron chi connectivity index (χ4n) is 2.40. The first-order chi connectivity index (χ1) is 9.51. The quantitative estimate of drug-likeness (QED) is 0.842. The van der Waals surface area contributed by atoms with Gasteiger partial charge < -0.3 is 4.90 Å². The van der Waals surface area contributed by atoms with E-state index < -0.39 is 10.0 Å². The number of hydrogen-bond donors (Lipinski definition) is 1. The largest absolute Gasteiger partial charge is 0.303 e. The van der Waals surface area contributed by atoms with Gasteiger partial charge in [-0.25, -0.2) is 18.1 Å². The highest BCUT2D eigenvalue weighted by molar-refractivity contribution is 7.89. The summed E-state index contributed by atoms with van der Waals surface area (Å²) in [6.07, 6.45) is 4.12. The van der Waals surface area contributed by atoms with Crippen molar-refractivity contribution < 1.29 is 8.42 Å². The van der Waals surface area contributed by atoms with Crippen molar-refractivity contribution in [3.63, 3.8) is 0 Å². The molecule has 2 heterocycles. The molecule has 112 valence electrons. The molecule has 0 amide bonds. The molecule has 0 atom stereocenters. The Morgan fingerprint density at radius 3 is 2.65 bits per heavy atom. The van der Waals surface area contributed by atoms with Gasteiger partial charge in [-0.1, -0.05) is 18.5 Å². The van der Waals surface area contributed by atoms with Crippen LogP contribution in [0, 0.1) is 0 Å². The van der Waals surface area contributed by atoms with Crippen molar-refractivity contribution in [2.45, 2.75) is 37.1 Å².